The summed E-state index contributed by atoms with van der Waals surface area (Å²) in [4.78, 5) is 5.30. The van der Waals surface area contributed by atoms with Crippen LogP contribution in [0.2, 0.25) is 0 Å². The molecule has 3 heteroatoms. The summed E-state index contributed by atoms with van der Waals surface area (Å²) in [7, 11) is 0. The molecule has 0 radical (unpaired) electrons. The van der Waals surface area contributed by atoms with Gasteiger partial charge in [0.2, 0.25) is 6.71 Å². The van der Waals surface area contributed by atoms with Crippen LogP contribution in [-0.2, 0) is 43.3 Å². The van der Waals surface area contributed by atoms with Crippen molar-refractivity contribution in [3.05, 3.63) is 266 Å². The van der Waals surface area contributed by atoms with Gasteiger partial charge >= 0.3 is 0 Å². The zero-order chi connectivity index (χ0) is 68.5. The van der Waals surface area contributed by atoms with Gasteiger partial charge in [-0.1, -0.05) is 295 Å². The molecule has 488 valence electrons. The lowest BCUT2D eigenvalue weighted by atomic mass is 9.33. The van der Waals surface area contributed by atoms with Crippen molar-refractivity contribution in [1.29, 1.82) is 0 Å². The number of hydrogen-bond acceptors (Lipinski definition) is 2. The van der Waals surface area contributed by atoms with Crippen molar-refractivity contribution in [2.24, 2.45) is 0 Å². The quantitative estimate of drug-likeness (QED) is 0.133. The molecule has 0 bridgehead atoms. The molecule has 96 heavy (non-hydrogen) atoms. The van der Waals surface area contributed by atoms with E-state index in [9.17, 15) is 0 Å². The van der Waals surface area contributed by atoms with Gasteiger partial charge in [0.05, 0.1) is 0 Å². The van der Waals surface area contributed by atoms with Crippen LogP contribution in [-0.4, -0.2) is 6.71 Å². The topological polar surface area (TPSA) is 6.48 Å². The molecule has 3 aliphatic carbocycles. The summed E-state index contributed by atoms with van der Waals surface area (Å²) >= 11 is 0. The van der Waals surface area contributed by atoms with Crippen LogP contribution in [0.3, 0.4) is 0 Å². The van der Waals surface area contributed by atoms with Gasteiger partial charge < -0.3 is 9.80 Å². The predicted molar refractivity (Wildman–Crippen MR) is 416 cm³/mol. The molecule has 14 rings (SSSR count). The fraction of sp³-hybridized carbons (Fsp3) is 0.355. The molecule has 0 spiro atoms. The molecule has 1 unspecified atom stereocenters. The third kappa shape index (κ3) is 10.7. The summed E-state index contributed by atoms with van der Waals surface area (Å²) in [6.45, 7) is 52.9. The second kappa shape index (κ2) is 22.2. The molecular weight excluding hydrogens is 1160 g/mol. The molecule has 10 aromatic carbocycles. The first kappa shape index (κ1) is 65.2. The number of aryl methyl sites for hydroxylation is 2. The fourth-order valence-corrected chi connectivity index (χ4v) is 18.6. The fourth-order valence-electron chi connectivity index (χ4n) is 18.6. The summed E-state index contributed by atoms with van der Waals surface area (Å²) in [6.07, 6.45) is 2.17. The molecule has 1 aliphatic heterocycles. The Labute approximate surface area is 577 Å². The van der Waals surface area contributed by atoms with Gasteiger partial charge in [-0.3, -0.25) is 0 Å². The van der Waals surface area contributed by atoms with E-state index < -0.39 is 0 Å². The number of rotatable bonds is 9. The second-order valence-electron chi connectivity index (χ2n) is 35.8. The van der Waals surface area contributed by atoms with Crippen molar-refractivity contribution < 1.29 is 0 Å². The highest BCUT2D eigenvalue weighted by molar-refractivity contribution is 6.98. The van der Waals surface area contributed by atoms with E-state index in [1.54, 1.807) is 0 Å². The summed E-state index contributed by atoms with van der Waals surface area (Å²) in [5, 5.41) is 0. The highest BCUT2D eigenvalue weighted by Gasteiger charge is 2.48. The van der Waals surface area contributed by atoms with Crippen LogP contribution in [0.25, 0.3) is 33.4 Å². The number of nitrogens with zero attached hydrogens (tertiary/aromatic N) is 2. The number of hydrogen-bond donors (Lipinski definition) is 0. The highest BCUT2D eigenvalue weighted by Crippen LogP contribution is 2.57. The maximum atomic E-state index is 2.76. The van der Waals surface area contributed by atoms with Gasteiger partial charge in [0.25, 0.3) is 0 Å². The molecule has 1 heterocycles. The normalized spacial score (nSPS) is 17.1. The van der Waals surface area contributed by atoms with Crippen molar-refractivity contribution in [2.45, 2.75) is 214 Å². The standard InChI is InChI=1S/C93H103BN2/c1-57-48-75-78(92(19,20)55-89(75,13)14)54-81(57)96-82-49-61(69-32-28-34-74-84(69)70-31-26-27-33-73(70)93(74,21)22)35-46-79(82)94(85-58(2)47-67(51-83(85)96)95(65-41-36-62(37-42-65)86(4,5)6)66-43-38-63(39-44-66)87(7,8)9)80-53-77-76(90(15,16)56-91(77,17)18)52-71(80)59(3)68-45-40-64(88(10,11)12)50-72(68)60-29-24-23-25-30-60/h23-54,59H,55-56H2,1-22H3. The van der Waals surface area contributed by atoms with E-state index in [1.807, 2.05) is 0 Å². The first-order valence-electron chi connectivity index (χ1n) is 35.8. The molecule has 0 N–H and O–H groups in total. The van der Waals surface area contributed by atoms with Crippen molar-refractivity contribution in [1.82, 2.24) is 0 Å². The highest BCUT2D eigenvalue weighted by atomic mass is 15.2. The SMILES string of the molecule is Cc1cc2c(cc1N1c3cc(-c4cccc5c4-c4ccccc4C5(C)C)ccc3B(c3cc4c(cc3C(C)c3ccc(C(C)(C)C)cc3-c3ccccc3)C(C)(C)CC4(C)C)c3c(C)cc(N(c4ccc(C(C)(C)C)cc4)c4ccc(C(C)(C)C)cc4)cc31)C(C)(C)CC2(C)C. The average molecular weight is 1260 g/mol. The smallest absolute Gasteiger partial charge is 0.247 e. The van der Waals surface area contributed by atoms with Gasteiger partial charge in [0, 0.05) is 45.5 Å². The van der Waals surface area contributed by atoms with Gasteiger partial charge in [0.15, 0.2) is 0 Å². The maximum Gasteiger partial charge on any atom is 0.247 e. The van der Waals surface area contributed by atoms with E-state index in [1.165, 1.54) is 139 Å². The van der Waals surface area contributed by atoms with Crippen molar-refractivity contribution >= 4 is 57.2 Å². The van der Waals surface area contributed by atoms with E-state index in [2.05, 4.69) is 356 Å². The van der Waals surface area contributed by atoms with Crippen LogP contribution in [0.15, 0.2) is 194 Å². The molecule has 0 aromatic heterocycles. The Bertz CT molecular complexity index is 4700. The largest absolute Gasteiger partial charge is 0.311 e. The Kier molecular flexibility index (Phi) is 15.1. The Balaban J connectivity index is 1.12. The van der Waals surface area contributed by atoms with Gasteiger partial charge in [-0.25, -0.2) is 0 Å². The van der Waals surface area contributed by atoms with Crippen molar-refractivity contribution in [2.75, 3.05) is 9.80 Å². The second-order valence-corrected chi connectivity index (χ2v) is 35.8. The minimum absolute atomic E-state index is 0.00331. The molecule has 10 aromatic rings. The van der Waals surface area contributed by atoms with Gasteiger partial charge in [0.1, 0.15) is 0 Å². The van der Waals surface area contributed by atoms with Crippen LogP contribution >= 0.6 is 0 Å². The Morgan fingerprint density at radius 2 is 0.896 bits per heavy atom. The molecule has 1 atom stereocenters. The van der Waals surface area contributed by atoms with E-state index in [-0.39, 0.29) is 56.0 Å². The van der Waals surface area contributed by atoms with E-state index >= 15 is 0 Å². The molecule has 0 saturated carbocycles. The van der Waals surface area contributed by atoms with Crippen LogP contribution in [0.4, 0.5) is 34.1 Å². The zero-order valence-corrected chi connectivity index (χ0v) is 61.9. The zero-order valence-electron chi connectivity index (χ0n) is 61.9. The third-order valence-electron chi connectivity index (χ3n) is 23.4. The summed E-state index contributed by atoms with van der Waals surface area (Å²) in [5.41, 5.74) is 36.7. The minimum atomic E-state index is -0.150. The number of fused-ring (bicyclic) bond motifs is 7. The van der Waals surface area contributed by atoms with Crippen molar-refractivity contribution in [3.63, 3.8) is 0 Å². The first-order chi connectivity index (χ1) is 45.0. The number of anilines is 6. The number of benzene rings is 10. The van der Waals surface area contributed by atoms with Crippen LogP contribution < -0.4 is 26.2 Å². The molecule has 0 fully saturated rings. The van der Waals surface area contributed by atoms with E-state index in [0.717, 1.165) is 29.9 Å². The molecule has 4 aliphatic rings. The Morgan fingerprint density at radius 1 is 0.375 bits per heavy atom. The maximum absolute atomic E-state index is 2.76. The first-order valence-corrected chi connectivity index (χ1v) is 35.8. The minimum Gasteiger partial charge on any atom is -0.311 e. The van der Waals surface area contributed by atoms with Gasteiger partial charge in [-0.2, -0.15) is 0 Å². The van der Waals surface area contributed by atoms with E-state index in [0.29, 0.717) is 0 Å². The van der Waals surface area contributed by atoms with Gasteiger partial charge in [-0.05, 0) is 224 Å². The molecular formula is C93H103BN2. The molecule has 0 saturated heterocycles. The lowest BCUT2D eigenvalue weighted by Gasteiger charge is -2.41. The van der Waals surface area contributed by atoms with E-state index in [4.69, 9.17) is 0 Å². The summed E-state index contributed by atoms with van der Waals surface area (Å²) in [5.74, 6) is 0.0281. The Hall–Kier alpha value is -8.14. The van der Waals surface area contributed by atoms with Crippen LogP contribution in [0.5, 0.6) is 0 Å². The summed E-state index contributed by atoms with van der Waals surface area (Å²) in [6, 6.07) is 77.3. The van der Waals surface area contributed by atoms with Crippen LogP contribution in [0.1, 0.15) is 230 Å². The monoisotopic (exact) mass is 1260 g/mol. The predicted octanol–water partition coefficient (Wildman–Crippen LogP) is 23.7. The van der Waals surface area contributed by atoms with Crippen LogP contribution in [0, 0.1) is 13.8 Å². The summed E-state index contributed by atoms with van der Waals surface area (Å²) < 4.78 is 0. The van der Waals surface area contributed by atoms with Crippen molar-refractivity contribution in [3.8, 4) is 33.4 Å². The average Bonchev–Trinajstić information content (AvgIpc) is 1.17. The lowest BCUT2D eigenvalue weighted by Crippen LogP contribution is -2.59. The van der Waals surface area contributed by atoms with Gasteiger partial charge in [-0.15, -0.1) is 0 Å². The third-order valence-corrected chi connectivity index (χ3v) is 23.4. The lowest BCUT2D eigenvalue weighted by molar-refractivity contribution is 0.402. The Morgan fingerprint density at radius 3 is 1.49 bits per heavy atom. The molecule has 0 amide bonds. The molecule has 2 nitrogen and oxygen atoms in total.